The molecular formula is C8H16N2O2. The van der Waals surface area contributed by atoms with Crippen LogP contribution in [0.5, 0.6) is 0 Å². The number of morpholine rings is 1. The second-order valence-corrected chi connectivity index (χ2v) is 3.86. The standard InChI is InChI=1S/C8H16N2O2/c1-8(2,9)6-10-3-4-12-5-7(10)11/h3-6,9H2,1-2H3. The SMILES string of the molecule is CC(C)(N)CN1CCOCC1=O. The third-order valence-corrected chi connectivity index (χ3v) is 1.68. The molecule has 2 N–H and O–H groups in total. The molecule has 1 saturated heterocycles. The topological polar surface area (TPSA) is 55.6 Å². The molecule has 0 atom stereocenters. The molecule has 4 nitrogen and oxygen atoms in total. The van der Waals surface area contributed by atoms with Crippen LogP contribution in [-0.4, -0.2) is 42.6 Å². The molecule has 0 spiro atoms. The third-order valence-electron chi connectivity index (χ3n) is 1.68. The lowest BCUT2D eigenvalue weighted by molar-refractivity contribution is -0.143. The first-order valence-corrected chi connectivity index (χ1v) is 4.13. The fourth-order valence-electron chi connectivity index (χ4n) is 1.21. The number of amides is 1. The largest absolute Gasteiger partial charge is 0.370 e. The first kappa shape index (κ1) is 9.48. The zero-order valence-corrected chi connectivity index (χ0v) is 7.67. The Bertz CT molecular complexity index is 174. The minimum atomic E-state index is -0.312. The van der Waals surface area contributed by atoms with E-state index in [9.17, 15) is 4.79 Å². The Morgan fingerprint density at radius 1 is 1.67 bits per heavy atom. The summed E-state index contributed by atoms with van der Waals surface area (Å²) in [6.07, 6.45) is 0. The van der Waals surface area contributed by atoms with E-state index in [0.29, 0.717) is 19.7 Å². The summed E-state index contributed by atoms with van der Waals surface area (Å²) in [6, 6.07) is 0. The zero-order chi connectivity index (χ0) is 9.19. The van der Waals surface area contributed by atoms with Gasteiger partial charge in [0, 0.05) is 18.6 Å². The summed E-state index contributed by atoms with van der Waals surface area (Å²) in [6.45, 7) is 5.93. The van der Waals surface area contributed by atoms with E-state index in [1.54, 1.807) is 4.90 Å². The fraction of sp³-hybridized carbons (Fsp3) is 0.875. The van der Waals surface area contributed by atoms with E-state index < -0.39 is 0 Å². The smallest absolute Gasteiger partial charge is 0.248 e. The van der Waals surface area contributed by atoms with Gasteiger partial charge >= 0.3 is 0 Å². The average molecular weight is 172 g/mol. The van der Waals surface area contributed by atoms with Gasteiger partial charge in [-0.05, 0) is 13.8 Å². The zero-order valence-electron chi connectivity index (χ0n) is 7.67. The summed E-state index contributed by atoms with van der Waals surface area (Å²) in [4.78, 5) is 13.0. The molecule has 1 aliphatic rings. The Morgan fingerprint density at radius 3 is 2.83 bits per heavy atom. The molecule has 0 radical (unpaired) electrons. The lowest BCUT2D eigenvalue weighted by Crippen LogP contribution is -2.51. The quantitative estimate of drug-likeness (QED) is 0.615. The lowest BCUT2D eigenvalue weighted by Gasteiger charge is -2.32. The number of rotatable bonds is 2. The number of hydrogen-bond donors (Lipinski definition) is 1. The fourth-order valence-corrected chi connectivity index (χ4v) is 1.21. The molecule has 70 valence electrons. The van der Waals surface area contributed by atoms with Crippen molar-refractivity contribution >= 4 is 5.91 Å². The average Bonchev–Trinajstić information content (AvgIpc) is 1.91. The van der Waals surface area contributed by atoms with Crippen molar-refractivity contribution < 1.29 is 9.53 Å². The highest BCUT2D eigenvalue weighted by Gasteiger charge is 2.23. The van der Waals surface area contributed by atoms with Crippen LogP contribution in [0.4, 0.5) is 0 Å². The predicted octanol–water partition coefficient (Wildman–Crippen LogP) is -0.417. The summed E-state index contributed by atoms with van der Waals surface area (Å²) in [7, 11) is 0. The maximum atomic E-state index is 11.2. The maximum absolute atomic E-state index is 11.2. The molecular weight excluding hydrogens is 156 g/mol. The number of hydrogen-bond acceptors (Lipinski definition) is 3. The molecule has 4 heteroatoms. The summed E-state index contributed by atoms with van der Waals surface area (Å²) < 4.78 is 4.99. The first-order chi connectivity index (χ1) is 5.49. The Morgan fingerprint density at radius 2 is 2.33 bits per heavy atom. The number of ether oxygens (including phenoxy) is 1. The summed E-state index contributed by atoms with van der Waals surface area (Å²) in [5.41, 5.74) is 5.48. The van der Waals surface area contributed by atoms with Crippen LogP contribution < -0.4 is 5.73 Å². The Hall–Kier alpha value is -0.610. The first-order valence-electron chi connectivity index (χ1n) is 4.13. The van der Waals surface area contributed by atoms with E-state index >= 15 is 0 Å². The highest BCUT2D eigenvalue weighted by atomic mass is 16.5. The molecule has 0 aliphatic carbocycles. The Kier molecular flexibility index (Phi) is 2.69. The second-order valence-electron chi connectivity index (χ2n) is 3.86. The van der Waals surface area contributed by atoms with Crippen molar-refractivity contribution in [3.05, 3.63) is 0 Å². The summed E-state index contributed by atoms with van der Waals surface area (Å²) in [5, 5.41) is 0. The van der Waals surface area contributed by atoms with Gasteiger partial charge in [-0.3, -0.25) is 4.79 Å². The van der Waals surface area contributed by atoms with Crippen LogP contribution in [0.2, 0.25) is 0 Å². The number of nitrogens with two attached hydrogens (primary N) is 1. The van der Waals surface area contributed by atoms with E-state index in [1.165, 1.54) is 0 Å². The van der Waals surface area contributed by atoms with Crippen molar-refractivity contribution in [2.24, 2.45) is 5.73 Å². The van der Waals surface area contributed by atoms with Crippen molar-refractivity contribution in [2.75, 3.05) is 26.3 Å². The molecule has 0 aromatic rings. The number of carbonyl (C=O) groups is 1. The van der Waals surface area contributed by atoms with Gasteiger partial charge in [0.2, 0.25) is 5.91 Å². The van der Waals surface area contributed by atoms with E-state index in [1.807, 2.05) is 13.8 Å². The van der Waals surface area contributed by atoms with Gasteiger partial charge in [-0.25, -0.2) is 0 Å². The Labute approximate surface area is 72.7 Å². The van der Waals surface area contributed by atoms with Crippen LogP contribution in [0.15, 0.2) is 0 Å². The lowest BCUT2D eigenvalue weighted by atomic mass is 10.1. The van der Waals surface area contributed by atoms with Gasteiger partial charge in [0.1, 0.15) is 6.61 Å². The molecule has 1 aliphatic heterocycles. The highest BCUT2D eigenvalue weighted by molar-refractivity contribution is 5.78. The Balaban J connectivity index is 2.45. The van der Waals surface area contributed by atoms with Crippen LogP contribution in [0.3, 0.4) is 0 Å². The van der Waals surface area contributed by atoms with E-state index in [2.05, 4.69) is 0 Å². The van der Waals surface area contributed by atoms with Crippen LogP contribution >= 0.6 is 0 Å². The maximum Gasteiger partial charge on any atom is 0.248 e. The molecule has 1 rings (SSSR count). The van der Waals surface area contributed by atoms with Crippen LogP contribution in [-0.2, 0) is 9.53 Å². The van der Waals surface area contributed by atoms with Gasteiger partial charge in [0.05, 0.1) is 6.61 Å². The number of nitrogens with zero attached hydrogens (tertiary/aromatic N) is 1. The van der Waals surface area contributed by atoms with Gasteiger partial charge in [-0.15, -0.1) is 0 Å². The van der Waals surface area contributed by atoms with E-state index in [-0.39, 0.29) is 18.1 Å². The van der Waals surface area contributed by atoms with E-state index in [0.717, 1.165) is 0 Å². The molecule has 0 aromatic heterocycles. The number of carbonyl (C=O) groups excluding carboxylic acids is 1. The van der Waals surface area contributed by atoms with Crippen LogP contribution in [0, 0.1) is 0 Å². The van der Waals surface area contributed by atoms with Gasteiger partial charge in [0.15, 0.2) is 0 Å². The van der Waals surface area contributed by atoms with Crippen molar-refractivity contribution in [1.29, 1.82) is 0 Å². The van der Waals surface area contributed by atoms with Gasteiger partial charge in [-0.1, -0.05) is 0 Å². The molecule has 1 heterocycles. The van der Waals surface area contributed by atoms with Gasteiger partial charge in [-0.2, -0.15) is 0 Å². The minimum absolute atomic E-state index is 0.0415. The minimum Gasteiger partial charge on any atom is -0.370 e. The van der Waals surface area contributed by atoms with Crippen molar-refractivity contribution in [3.63, 3.8) is 0 Å². The summed E-state index contributed by atoms with van der Waals surface area (Å²) >= 11 is 0. The molecule has 0 unspecified atom stereocenters. The molecule has 1 amide bonds. The molecule has 12 heavy (non-hydrogen) atoms. The van der Waals surface area contributed by atoms with Crippen LogP contribution in [0.1, 0.15) is 13.8 Å². The van der Waals surface area contributed by atoms with Crippen LogP contribution in [0.25, 0.3) is 0 Å². The normalized spacial score (nSPS) is 19.9. The van der Waals surface area contributed by atoms with Crippen molar-refractivity contribution in [2.45, 2.75) is 19.4 Å². The predicted molar refractivity (Wildman–Crippen MR) is 45.7 cm³/mol. The van der Waals surface area contributed by atoms with Gasteiger partial charge < -0.3 is 15.4 Å². The van der Waals surface area contributed by atoms with Gasteiger partial charge in [0.25, 0.3) is 0 Å². The molecule has 0 bridgehead atoms. The summed E-state index contributed by atoms with van der Waals surface area (Å²) in [5.74, 6) is 0.0415. The van der Waals surface area contributed by atoms with E-state index in [4.69, 9.17) is 10.5 Å². The second kappa shape index (κ2) is 3.41. The van der Waals surface area contributed by atoms with Crippen molar-refractivity contribution in [1.82, 2.24) is 4.90 Å². The molecule has 0 aromatic carbocycles. The molecule has 1 fully saturated rings. The monoisotopic (exact) mass is 172 g/mol. The highest BCUT2D eigenvalue weighted by Crippen LogP contribution is 2.05. The third kappa shape index (κ3) is 2.79. The molecule has 0 saturated carbocycles. The van der Waals surface area contributed by atoms with Crippen molar-refractivity contribution in [3.8, 4) is 0 Å².